The van der Waals surface area contributed by atoms with Gasteiger partial charge in [-0.15, -0.1) is 10.2 Å². The molecule has 0 fully saturated rings. The lowest BCUT2D eigenvalue weighted by Crippen LogP contribution is -1.79. The van der Waals surface area contributed by atoms with Crippen molar-refractivity contribution in [3.05, 3.63) is 41.9 Å². The molecule has 0 unspecified atom stereocenters. The van der Waals surface area contributed by atoms with Gasteiger partial charge in [-0.25, -0.2) is 0 Å². The molecular weight excluding hydrogens is 252 g/mol. The van der Waals surface area contributed by atoms with Crippen LogP contribution < -0.4 is 0 Å². The lowest BCUT2D eigenvalue weighted by molar-refractivity contribution is 0.481. The molecule has 2 aromatic carbocycles. The zero-order chi connectivity index (χ0) is 11.7. The van der Waals surface area contributed by atoms with Crippen LogP contribution in [0.3, 0.4) is 0 Å². The molecule has 1 N–H and O–H groups in total. The molecule has 0 atom stereocenters. The molecule has 1 aromatic heterocycles. The number of benzene rings is 2. The maximum atomic E-state index is 9.79. The predicted octanol–water partition coefficient (Wildman–Crippen LogP) is 3.55. The molecule has 17 heavy (non-hydrogen) atoms. The van der Waals surface area contributed by atoms with Gasteiger partial charge in [0.1, 0.15) is 11.3 Å². The molecule has 1 heterocycles. The number of fused-ring (bicyclic) bond motifs is 1. The molecule has 3 rings (SSSR count). The number of phenolic OH excluding ortho intramolecular Hbond substituents is 1. The van der Waals surface area contributed by atoms with E-state index in [0.29, 0.717) is 5.75 Å². The summed E-state index contributed by atoms with van der Waals surface area (Å²) in [4.78, 5) is 1.08. The van der Waals surface area contributed by atoms with Gasteiger partial charge >= 0.3 is 0 Å². The van der Waals surface area contributed by atoms with Crippen molar-refractivity contribution in [2.75, 3.05) is 0 Å². The molecule has 3 nitrogen and oxygen atoms in total. The molecule has 0 spiro atoms. The molecule has 3 aromatic rings. The van der Waals surface area contributed by atoms with Crippen LogP contribution in [0.5, 0.6) is 5.75 Å². The van der Waals surface area contributed by atoms with Gasteiger partial charge in [-0.3, -0.25) is 0 Å². The number of nitrogens with zero attached hydrogens (tertiary/aromatic N) is 2. The van der Waals surface area contributed by atoms with Crippen molar-refractivity contribution in [2.45, 2.75) is 9.24 Å². The van der Waals surface area contributed by atoms with E-state index >= 15 is 0 Å². The van der Waals surface area contributed by atoms with Gasteiger partial charge in [0.25, 0.3) is 0 Å². The fraction of sp³-hybridized carbons (Fsp3) is 0. The molecular formula is C12H8N2OS2. The van der Waals surface area contributed by atoms with E-state index in [2.05, 4.69) is 10.2 Å². The Hall–Kier alpha value is -1.59. The summed E-state index contributed by atoms with van der Waals surface area (Å²) in [5.74, 6) is 0.308. The smallest absolute Gasteiger partial charge is 0.178 e. The Bertz CT molecular complexity index is 653. The average molecular weight is 260 g/mol. The van der Waals surface area contributed by atoms with Crippen molar-refractivity contribution in [3.63, 3.8) is 0 Å². The summed E-state index contributed by atoms with van der Waals surface area (Å²) in [5.41, 5.74) is 1.71. The van der Waals surface area contributed by atoms with E-state index in [1.807, 2.05) is 30.3 Å². The zero-order valence-corrected chi connectivity index (χ0v) is 10.3. The molecule has 0 saturated carbocycles. The van der Waals surface area contributed by atoms with Crippen LogP contribution in [0, 0.1) is 0 Å². The minimum Gasteiger partial charge on any atom is -0.507 e. The van der Waals surface area contributed by atoms with Crippen molar-refractivity contribution in [1.82, 2.24) is 10.2 Å². The van der Waals surface area contributed by atoms with Crippen molar-refractivity contribution < 1.29 is 5.11 Å². The van der Waals surface area contributed by atoms with Crippen LogP contribution in [-0.4, -0.2) is 15.3 Å². The van der Waals surface area contributed by atoms with Gasteiger partial charge < -0.3 is 5.11 Å². The van der Waals surface area contributed by atoms with Crippen LogP contribution in [0.15, 0.2) is 51.1 Å². The fourth-order valence-corrected chi connectivity index (χ4v) is 3.22. The molecule has 0 bridgehead atoms. The Balaban J connectivity index is 2.14. The van der Waals surface area contributed by atoms with Crippen LogP contribution in [0.2, 0.25) is 0 Å². The highest BCUT2D eigenvalue weighted by atomic mass is 32.2. The Morgan fingerprint density at radius 3 is 2.65 bits per heavy atom. The first-order valence-electron chi connectivity index (χ1n) is 4.99. The van der Waals surface area contributed by atoms with E-state index in [4.69, 9.17) is 0 Å². The number of hydrogen-bond acceptors (Lipinski definition) is 5. The van der Waals surface area contributed by atoms with E-state index in [0.717, 1.165) is 20.0 Å². The maximum absolute atomic E-state index is 9.79. The molecule has 0 amide bonds. The molecule has 5 heteroatoms. The average Bonchev–Trinajstić information content (AvgIpc) is 2.86. The highest BCUT2D eigenvalue weighted by molar-refractivity contribution is 8.01. The van der Waals surface area contributed by atoms with Gasteiger partial charge in [-0.05, 0) is 17.5 Å². The highest BCUT2D eigenvalue weighted by Crippen LogP contribution is 2.37. The van der Waals surface area contributed by atoms with Crippen molar-refractivity contribution in [1.29, 1.82) is 0 Å². The molecule has 0 aliphatic heterocycles. The summed E-state index contributed by atoms with van der Waals surface area (Å²) in [6, 6.07) is 11.4. The Kier molecular flexibility index (Phi) is 2.70. The van der Waals surface area contributed by atoms with Crippen LogP contribution in [0.25, 0.3) is 10.8 Å². The minimum absolute atomic E-state index is 0.308. The number of aromatic hydroxyl groups is 1. The van der Waals surface area contributed by atoms with E-state index in [1.54, 1.807) is 23.3 Å². The van der Waals surface area contributed by atoms with E-state index in [9.17, 15) is 5.11 Å². The summed E-state index contributed by atoms with van der Waals surface area (Å²) < 4.78 is 0.904. The van der Waals surface area contributed by atoms with Crippen LogP contribution >= 0.6 is 23.1 Å². The third-order valence-corrected chi connectivity index (χ3v) is 4.25. The lowest BCUT2D eigenvalue weighted by atomic mass is 10.1. The monoisotopic (exact) mass is 260 g/mol. The van der Waals surface area contributed by atoms with Crippen molar-refractivity contribution >= 4 is 33.9 Å². The third kappa shape index (κ3) is 1.99. The SMILES string of the molecule is Oc1ccc(Sc2nncs2)c2ccccc12. The highest BCUT2D eigenvalue weighted by Gasteiger charge is 2.07. The molecule has 0 aliphatic rings. The largest absolute Gasteiger partial charge is 0.507 e. The minimum atomic E-state index is 0.308. The second-order valence-corrected chi connectivity index (χ2v) is 5.56. The molecule has 84 valence electrons. The molecule has 0 radical (unpaired) electrons. The predicted molar refractivity (Wildman–Crippen MR) is 69.6 cm³/mol. The second kappa shape index (κ2) is 4.35. The first-order chi connectivity index (χ1) is 8.34. The van der Waals surface area contributed by atoms with E-state index < -0.39 is 0 Å². The summed E-state index contributed by atoms with van der Waals surface area (Å²) in [6.45, 7) is 0. The Morgan fingerprint density at radius 2 is 1.88 bits per heavy atom. The maximum Gasteiger partial charge on any atom is 0.178 e. The first kappa shape index (κ1) is 10.6. The van der Waals surface area contributed by atoms with Gasteiger partial charge in [0.2, 0.25) is 0 Å². The van der Waals surface area contributed by atoms with Gasteiger partial charge in [0, 0.05) is 10.3 Å². The van der Waals surface area contributed by atoms with E-state index in [1.165, 1.54) is 11.3 Å². The van der Waals surface area contributed by atoms with Gasteiger partial charge in [-0.2, -0.15) is 0 Å². The number of phenols is 1. The topological polar surface area (TPSA) is 46.0 Å². The third-order valence-electron chi connectivity index (χ3n) is 2.40. The van der Waals surface area contributed by atoms with Crippen LogP contribution in [0.1, 0.15) is 0 Å². The summed E-state index contributed by atoms with van der Waals surface area (Å²) in [5, 5.41) is 19.5. The van der Waals surface area contributed by atoms with Gasteiger partial charge in [-0.1, -0.05) is 47.4 Å². The number of rotatable bonds is 2. The first-order valence-corrected chi connectivity index (χ1v) is 6.69. The lowest BCUT2D eigenvalue weighted by Gasteiger charge is -2.05. The second-order valence-electron chi connectivity index (χ2n) is 3.44. The van der Waals surface area contributed by atoms with Crippen LogP contribution in [-0.2, 0) is 0 Å². The number of hydrogen-bond donors (Lipinski definition) is 1. The van der Waals surface area contributed by atoms with E-state index in [-0.39, 0.29) is 0 Å². The molecule has 0 aliphatic carbocycles. The van der Waals surface area contributed by atoms with Crippen molar-refractivity contribution in [2.24, 2.45) is 0 Å². The summed E-state index contributed by atoms with van der Waals surface area (Å²) in [7, 11) is 0. The normalized spacial score (nSPS) is 10.8. The van der Waals surface area contributed by atoms with Crippen LogP contribution in [0.4, 0.5) is 0 Å². The quantitative estimate of drug-likeness (QED) is 0.765. The summed E-state index contributed by atoms with van der Waals surface area (Å²) in [6.07, 6.45) is 0. The van der Waals surface area contributed by atoms with Gasteiger partial charge in [0.05, 0.1) is 0 Å². The van der Waals surface area contributed by atoms with Gasteiger partial charge in [0.15, 0.2) is 4.34 Å². The fourth-order valence-electron chi connectivity index (χ4n) is 1.65. The van der Waals surface area contributed by atoms with Crippen molar-refractivity contribution in [3.8, 4) is 5.75 Å². The molecule has 0 saturated heterocycles. The number of aromatic nitrogens is 2. The Labute approximate surface area is 106 Å². The summed E-state index contributed by atoms with van der Waals surface area (Å²) >= 11 is 3.08. The standard InChI is InChI=1S/C12H8N2OS2/c15-10-5-6-11(17-12-14-13-7-16-12)9-4-2-1-3-8(9)10/h1-7,15H. The Morgan fingerprint density at radius 1 is 1.06 bits per heavy atom. The zero-order valence-electron chi connectivity index (χ0n) is 8.70.